The molecule has 0 radical (unpaired) electrons. The quantitative estimate of drug-likeness (QED) is 0.764. The topological polar surface area (TPSA) is 70.3 Å². The van der Waals surface area contributed by atoms with Crippen molar-refractivity contribution in [3.63, 3.8) is 0 Å². The predicted molar refractivity (Wildman–Crippen MR) is 68.3 cm³/mol. The number of nitrogens with one attached hydrogen (secondary N) is 1. The molecule has 96 valence electrons. The summed E-state index contributed by atoms with van der Waals surface area (Å²) in [7, 11) is 1.91. The van der Waals surface area contributed by atoms with Crippen molar-refractivity contribution < 1.29 is 10.2 Å². The van der Waals surface area contributed by atoms with E-state index in [0.717, 1.165) is 16.8 Å². The average Bonchev–Trinajstić information content (AvgIpc) is 2.64. The van der Waals surface area contributed by atoms with Crippen LogP contribution in [0.4, 0.5) is 0 Å². The molecule has 0 saturated heterocycles. The fourth-order valence-corrected chi connectivity index (χ4v) is 1.75. The van der Waals surface area contributed by atoms with Gasteiger partial charge in [-0.3, -0.25) is 4.68 Å². The minimum Gasteiger partial charge on any atom is -0.508 e. The Morgan fingerprint density at radius 3 is 2.56 bits per heavy atom. The Hall–Kier alpha value is -2.01. The molecule has 0 aliphatic rings. The number of hydrogen-bond donors (Lipinski definition) is 3. The Balaban J connectivity index is 1.94. The van der Waals surface area contributed by atoms with Crippen molar-refractivity contribution in [2.24, 2.45) is 7.05 Å². The third kappa shape index (κ3) is 2.62. The standard InChI is InChI=1S/C13H17N3O2/c1-9-11(8-15-16(9)2)7-14-6-10-3-4-12(17)5-13(10)18/h3-5,8,14,17-18H,6-7H2,1-2H3. The van der Waals surface area contributed by atoms with E-state index in [4.69, 9.17) is 0 Å². The molecule has 1 aromatic heterocycles. The summed E-state index contributed by atoms with van der Waals surface area (Å²) < 4.78 is 1.83. The highest BCUT2D eigenvalue weighted by Gasteiger charge is 2.05. The van der Waals surface area contributed by atoms with Crippen molar-refractivity contribution in [1.29, 1.82) is 0 Å². The van der Waals surface area contributed by atoms with E-state index < -0.39 is 0 Å². The number of rotatable bonds is 4. The van der Waals surface area contributed by atoms with Crippen LogP contribution in [-0.2, 0) is 20.1 Å². The fraction of sp³-hybridized carbons (Fsp3) is 0.308. The number of phenolic OH excluding ortho intramolecular Hbond substituents is 2. The van der Waals surface area contributed by atoms with E-state index in [1.807, 2.05) is 24.9 Å². The molecule has 5 heteroatoms. The van der Waals surface area contributed by atoms with Crippen molar-refractivity contribution in [2.45, 2.75) is 20.0 Å². The molecule has 2 aromatic rings. The van der Waals surface area contributed by atoms with Crippen LogP contribution >= 0.6 is 0 Å². The molecule has 1 heterocycles. The Labute approximate surface area is 106 Å². The molecule has 2 rings (SSSR count). The number of aromatic nitrogens is 2. The molecule has 0 atom stereocenters. The van der Waals surface area contributed by atoms with Crippen LogP contribution < -0.4 is 5.32 Å². The van der Waals surface area contributed by atoms with E-state index in [9.17, 15) is 10.2 Å². The lowest BCUT2D eigenvalue weighted by Gasteiger charge is -2.07. The summed E-state index contributed by atoms with van der Waals surface area (Å²) in [6, 6.07) is 4.60. The monoisotopic (exact) mass is 247 g/mol. The molecule has 1 aromatic carbocycles. The molecule has 0 amide bonds. The van der Waals surface area contributed by atoms with Crippen LogP contribution in [-0.4, -0.2) is 20.0 Å². The van der Waals surface area contributed by atoms with E-state index >= 15 is 0 Å². The van der Waals surface area contributed by atoms with Gasteiger partial charge in [-0.1, -0.05) is 6.07 Å². The van der Waals surface area contributed by atoms with Gasteiger partial charge in [0.15, 0.2) is 0 Å². The summed E-state index contributed by atoms with van der Waals surface area (Å²) >= 11 is 0. The SMILES string of the molecule is Cc1c(CNCc2ccc(O)cc2O)cnn1C. The molecule has 0 aliphatic heterocycles. The number of phenols is 2. The molecular formula is C13H17N3O2. The molecule has 0 fully saturated rings. The first-order valence-corrected chi connectivity index (χ1v) is 5.77. The zero-order valence-corrected chi connectivity index (χ0v) is 10.5. The molecule has 0 aliphatic carbocycles. The summed E-state index contributed by atoms with van der Waals surface area (Å²) in [6.07, 6.45) is 1.83. The molecule has 5 nitrogen and oxygen atoms in total. The van der Waals surface area contributed by atoms with Gasteiger partial charge >= 0.3 is 0 Å². The molecule has 0 unspecified atom stereocenters. The third-order valence-corrected chi connectivity index (χ3v) is 3.04. The maximum atomic E-state index is 9.63. The summed E-state index contributed by atoms with van der Waals surface area (Å²) in [6.45, 7) is 3.25. The summed E-state index contributed by atoms with van der Waals surface area (Å²) in [4.78, 5) is 0. The minimum absolute atomic E-state index is 0.0688. The van der Waals surface area contributed by atoms with Crippen LogP contribution in [0.5, 0.6) is 11.5 Å². The van der Waals surface area contributed by atoms with Crippen molar-refractivity contribution in [3.05, 3.63) is 41.2 Å². The summed E-state index contributed by atoms with van der Waals surface area (Å²) in [5.74, 6) is 0.171. The second-order valence-corrected chi connectivity index (χ2v) is 4.30. The number of aryl methyl sites for hydroxylation is 1. The predicted octanol–water partition coefficient (Wildman–Crippen LogP) is 1.43. The van der Waals surface area contributed by atoms with Crippen LogP contribution in [0.25, 0.3) is 0 Å². The summed E-state index contributed by atoms with van der Waals surface area (Å²) in [5, 5.41) is 26.2. The number of benzene rings is 1. The van der Waals surface area contributed by atoms with Gasteiger partial charge < -0.3 is 15.5 Å². The van der Waals surface area contributed by atoms with Crippen LogP contribution in [0.1, 0.15) is 16.8 Å². The normalized spacial score (nSPS) is 10.8. The molecule has 18 heavy (non-hydrogen) atoms. The van der Waals surface area contributed by atoms with E-state index in [0.29, 0.717) is 13.1 Å². The highest BCUT2D eigenvalue weighted by atomic mass is 16.3. The van der Waals surface area contributed by atoms with Gasteiger partial charge in [-0.15, -0.1) is 0 Å². The van der Waals surface area contributed by atoms with E-state index in [1.165, 1.54) is 6.07 Å². The molecule has 3 N–H and O–H groups in total. The highest BCUT2D eigenvalue weighted by molar-refractivity contribution is 5.38. The Morgan fingerprint density at radius 2 is 1.94 bits per heavy atom. The Kier molecular flexibility index (Phi) is 3.53. The van der Waals surface area contributed by atoms with Gasteiger partial charge in [0.2, 0.25) is 0 Å². The smallest absolute Gasteiger partial charge is 0.123 e. The van der Waals surface area contributed by atoms with Gasteiger partial charge in [-0.25, -0.2) is 0 Å². The first-order valence-electron chi connectivity index (χ1n) is 5.77. The molecular weight excluding hydrogens is 230 g/mol. The van der Waals surface area contributed by atoms with Crippen LogP contribution in [0.2, 0.25) is 0 Å². The number of hydrogen-bond acceptors (Lipinski definition) is 4. The maximum absolute atomic E-state index is 9.63. The average molecular weight is 247 g/mol. The van der Waals surface area contributed by atoms with Crippen molar-refractivity contribution >= 4 is 0 Å². The first kappa shape index (κ1) is 12.4. The zero-order valence-electron chi connectivity index (χ0n) is 10.5. The van der Waals surface area contributed by atoms with Gasteiger partial charge in [0.1, 0.15) is 11.5 Å². The molecule has 0 saturated carbocycles. The number of aromatic hydroxyl groups is 2. The zero-order chi connectivity index (χ0) is 13.1. The summed E-state index contributed by atoms with van der Waals surface area (Å²) in [5.41, 5.74) is 3.02. The highest BCUT2D eigenvalue weighted by Crippen LogP contribution is 2.22. The fourth-order valence-electron chi connectivity index (χ4n) is 1.75. The Morgan fingerprint density at radius 1 is 1.22 bits per heavy atom. The van der Waals surface area contributed by atoms with Crippen molar-refractivity contribution in [1.82, 2.24) is 15.1 Å². The van der Waals surface area contributed by atoms with Gasteiger partial charge in [0.05, 0.1) is 6.20 Å². The van der Waals surface area contributed by atoms with Gasteiger partial charge in [0, 0.05) is 43.0 Å². The largest absolute Gasteiger partial charge is 0.508 e. The molecule has 0 bridgehead atoms. The second-order valence-electron chi connectivity index (χ2n) is 4.30. The minimum atomic E-state index is 0.0688. The van der Waals surface area contributed by atoms with Gasteiger partial charge in [0.25, 0.3) is 0 Å². The van der Waals surface area contributed by atoms with E-state index in [-0.39, 0.29) is 11.5 Å². The second kappa shape index (κ2) is 5.10. The van der Waals surface area contributed by atoms with E-state index in [2.05, 4.69) is 10.4 Å². The molecule has 0 spiro atoms. The van der Waals surface area contributed by atoms with Crippen molar-refractivity contribution in [2.75, 3.05) is 0 Å². The lowest BCUT2D eigenvalue weighted by Crippen LogP contribution is -2.13. The third-order valence-electron chi connectivity index (χ3n) is 3.04. The van der Waals surface area contributed by atoms with Crippen LogP contribution in [0, 0.1) is 6.92 Å². The maximum Gasteiger partial charge on any atom is 0.123 e. The van der Waals surface area contributed by atoms with Crippen LogP contribution in [0.15, 0.2) is 24.4 Å². The lowest BCUT2D eigenvalue weighted by molar-refractivity contribution is 0.443. The first-order chi connectivity index (χ1) is 8.58. The van der Waals surface area contributed by atoms with Gasteiger partial charge in [-0.05, 0) is 13.0 Å². The number of nitrogens with zero attached hydrogens (tertiary/aromatic N) is 2. The van der Waals surface area contributed by atoms with Gasteiger partial charge in [-0.2, -0.15) is 5.10 Å². The Bertz CT molecular complexity index is 549. The van der Waals surface area contributed by atoms with Crippen molar-refractivity contribution in [3.8, 4) is 11.5 Å². The lowest BCUT2D eigenvalue weighted by atomic mass is 10.2. The van der Waals surface area contributed by atoms with E-state index in [1.54, 1.807) is 12.1 Å². The van der Waals surface area contributed by atoms with Crippen LogP contribution in [0.3, 0.4) is 0 Å².